The molecule has 0 aliphatic heterocycles. The molecule has 0 amide bonds. The number of hydrogen-bond donors (Lipinski definition) is 0. The van der Waals surface area contributed by atoms with Crippen LogP contribution in [0.25, 0.3) is 0 Å². The molecule has 0 unspecified atom stereocenters. The van der Waals surface area contributed by atoms with Gasteiger partial charge >= 0.3 is 5.97 Å². The largest absolute Gasteiger partial charge is 0.423 e. The van der Waals surface area contributed by atoms with Gasteiger partial charge in [-0.1, -0.05) is 26.0 Å². The fourth-order valence-corrected chi connectivity index (χ4v) is 2.27. The van der Waals surface area contributed by atoms with E-state index >= 15 is 0 Å². The van der Waals surface area contributed by atoms with Gasteiger partial charge in [0.15, 0.2) is 0 Å². The van der Waals surface area contributed by atoms with Crippen LogP contribution in [-0.2, 0) is 0 Å². The number of nitro benzene ring substituents is 1. The summed E-state index contributed by atoms with van der Waals surface area (Å²) in [6.45, 7) is 6.15. The Morgan fingerprint density at radius 3 is 2.50 bits per heavy atom. The topological polar surface area (TPSA) is 69.4 Å². The maximum atomic E-state index is 12.1. The Labute approximate surface area is 128 Å². The van der Waals surface area contributed by atoms with Crippen molar-refractivity contribution in [1.29, 1.82) is 0 Å². The molecule has 0 aliphatic rings. The van der Waals surface area contributed by atoms with E-state index in [2.05, 4.69) is 13.8 Å². The number of nitro groups is 1. The van der Waals surface area contributed by atoms with Crippen LogP contribution in [0, 0.1) is 17.0 Å². The lowest BCUT2D eigenvalue weighted by atomic mass is 9.98. The molecule has 2 aromatic carbocycles. The van der Waals surface area contributed by atoms with Gasteiger partial charge in [-0.25, -0.2) is 4.79 Å². The second-order valence-electron chi connectivity index (χ2n) is 5.37. The molecule has 0 N–H and O–H groups in total. The lowest BCUT2D eigenvalue weighted by Crippen LogP contribution is -2.09. The molecule has 2 rings (SSSR count). The van der Waals surface area contributed by atoms with Gasteiger partial charge in [0.2, 0.25) is 0 Å². The minimum absolute atomic E-state index is 0.138. The molecule has 22 heavy (non-hydrogen) atoms. The van der Waals surface area contributed by atoms with Crippen LogP contribution in [0.5, 0.6) is 5.75 Å². The molecule has 5 nitrogen and oxygen atoms in total. The summed E-state index contributed by atoms with van der Waals surface area (Å²) < 4.78 is 5.29. The number of esters is 1. The van der Waals surface area contributed by atoms with Crippen molar-refractivity contribution in [2.24, 2.45) is 0 Å². The van der Waals surface area contributed by atoms with E-state index in [1.165, 1.54) is 29.8 Å². The number of rotatable bonds is 4. The molecule has 0 spiro atoms. The zero-order valence-electron chi connectivity index (χ0n) is 12.7. The van der Waals surface area contributed by atoms with E-state index in [0.717, 1.165) is 5.56 Å². The lowest BCUT2D eigenvalue weighted by molar-refractivity contribution is -0.384. The number of carbonyl (C=O) groups excluding carboxylic acids is 1. The predicted octanol–water partition coefficient (Wildman–Crippen LogP) is 4.25. The SMILES string of the molecule is Cc1cc(OC(=O)c2cccc([N+](=O)[O-])c2)ccc1C(C)C. The first-order chi connectivity index (χ1) is 10.4. The molecule has 0 aromatic heterocycles. The minimum atomic E-state index is -0.611. The van der Waals surface area contributed by atoms with E-state index < -0.39 is 10.9 Å². The fourth-order valence-electron chi connectivity index (χ4n) is 2.27. The third-order valence-corrected chi connectivity index (χ3v) is 3.37. The normalized spacial score (nSPS) is 10.5. The van der Waals surface area contributed by atoms with E-state index in [1.54, 1.807) is 12.1 Å². The van der Waals surface area contributed by atoms with Crippen LogP contribution in [0.4, 0.5) is 5.69 Å². The molecule has 0 radical (unpaired) electrons. The van der Waals surface area contributed by atoms with Crippen LogP contribution in [-0.4, -0.2) is 10.9 Å². The summed E-state index contributed by atoms with van der Waals surface area (Å²) >= 11 is 0. The maximum absolute atomic E-state index is 12.1. The molecule has 0 saturated heterocycles. The molecule has 0 heterocycles. The number of non-ortho nitro benzene ring substituents is 1. The molecule has 0 aliphatic carbocycles. The number of carbonyl (C=O) groups is 1. The number of benzene rings is 2. The molecule has 0 saturated carbocycles. The van der Waals surface area contributed by atoms with Crippen molar-refractivity contribution in [1.82, 2.24) is 0 Å². The highest BCUT2D eigenvalue weighted by molar-refractivity contribution is 5.91. The smallest absolute Gasteiger partial charge is 0.343 e. The van der Waals surface area contributed by atoms with Gasteiger partial charge in [0, 0.05) is 12.1 Å². The number of aryl methyl sites for hydroxylation is 1. The monoisotopic (exact) mass is 299 g/mol. The van der Waals surface area contributed by atoms with Gasteiger partial charge < -0.3 is 4.74 Å². The van der Waals surface area contributed by atoms with Gasteiger partial charge in [-0.3, -0.25) is 10.1 Å². The summed E-state index contributed by atoms with van der Waals surface area (Å²) in [5.41, 5.74) is 2.25. The van der Waals surface area contributed by atoms with Crippen LogP contribution >= 0.6 is 0 Å². The lowest BCUT2D eigenvalue weighted by Gasteiger charge is -2.11. The van der Waals surface area contributed by atoms with E-state index in [0.29, 0.717) is 11.7 Å². The van der Waals surface area contributed by atoms with Crippen molar-refractivity contribution in [3.05, 3.63) is 69.3 Å². The van der Waals surface area contributed by atoms with Gasteiger partial charge in [0.05, 0.1) is 10.5 Å². The second-order valence-corrected chi connectivity index (χ2v) is 5.37. The Hall–Kier alpha value is -2.69. The Morgan fingerprint density at radius 1 is 1.18 bits per heavy atom. The maximum Gasteiger partial charge on any atom is 0.343 e. The van der Waals surface area contributed by atoms with Crippen LogP contribution < -0.4 is 4.74 Å². The number of ether oxygens (including phenoxy) is 1. The highest BCUT2D eigenvalue weighted by Gasteiger charge is 2.14. The summed E-state index contributed by atoms with van der Waals surface area (Å²) in [5, 5.41) is 10.7. The van der Waals surface area contributed by atoms with Crippen LogP contribution in [0.2, 0.25) is 0 Å². The summed E-state index contributed by atoms with van der Waals surface area (Å²) in [6, 6.07) is 10.9. The second kappa shape index (κ2) is 6.39. The number of hydrogen-bond acceptors (Lipinski definition) is 4. The highest BCUT2D eigenvalue weighted by atomic mass is 16.6. The van der Waals surface area contributed by atoms with Crippen molar-refractivity contribution in [2.45, 2.75) is 26.7 Å². The van der Waals surface area contributed by atoms with E-state index in [1.807, 2.05) is 13.0 Å². The standard InChI is InChI=1S/C17H17NO4/c1-11(2)16-8-7-15(9-12(16)3)22-17(19)13-5-4-6-14(10-13)18(20)21/h4-11H,1-3H3. The first kappa shape index (κ1) is 15.7. The van der Waals surface area contributed by atoms with Crippen molar-refractivity contribution in [3.63, 3.8) is 0 Å². The summed E-state index contributed by atoms with van der Waals surface area (Å²) in [7, 11) is 0. The molecule has 5 heteroatoms. The Bertz CT molecular complexity index is 722. The third-order valence-electron chi connectivity index (χ3n) is 3.37. The quantitative estimate of drug-likeness (QED) is 0.366. The van der Waals surface area contributed by atoms with Gasteiger partial charge in [-0.2, -0.15) is 0 Å². The van der Waals surface area contributed by atoms with Gasteiger partial charge in [-0.05, 0) is 42.2 Å². The average molecular weight is 299 g/mol. The minimum Gasteiger partial charge on any atom is -0.423 e. The van der Waals surface area contributed by atoms with Gasteiger partial charge in [0.25, 0.3) is 5.69 Å². The Kier molecular flexibility index (Phi) is 4.56. The summed E-state index contributed by atoms with van der Waals surface area (Å²) in [5.74, 6) is 0.209. The molecule has 114 valence electrons. The third kappa shape index (κ3) is 3.49. The van der Waals surface area contributed by atoms with E-state index in [9.17, 15) is 14.9 Å². The summed E-state index contributed by atoms with van der Waals surface area (Å²) in [6.07, 6.45) is 0. The molecule has 0 atom stereocenters. The molecular formula is C17H17NO4. The number of nitrogens with zero attached hydrogens (tertiary/aromatic N) is 1. The Balaban J connectivity index is 2.20. The molecule has 0 bridgehead atoms. The van der Waals surface area contributed by atoms with E-state index in [-0.39, 0.29) is 11.3 Å². The zero-order valence-corrected chi connectivity index (χ0v) is 12.7. The van der Waals surface area contributed by atoms with Crippen molar-refractivity contribution in [2.75, 3.05) is 0 Å². The van der Waals surface area contributed by atoms with Crippen LogP contribution in [0.1, 0.15) is 41.3 Å². The van der Waals surface area contributed by atoms with Crippen LogP contribution in [0.15, 0.2) is 42.5 Å². The summed E-state index contributed by atoms with van der Waals surface area (Å²) in [4.78, 5) is 22.3. The van der Waals surface area contributed by atoms with Gasteiger partial charge in [0.1, 0.15) is 5.75 Å². The van der Waals surface area contributed by atoms with Gasteiger partial charge in [-0.15, -0.1) is 0 Å². The molecule has 2 aromatic rings. The fraction of sp³-hybridized carbons (Fsp3) is 0.235. The predicted molar refractivity (Wildman–Crippen MR) is 83.3 cm³/mol. The first-order valence-corrected chi connectivity index (χ1v) is 6.95. The zero-order chi connectivity index (χ0) is 16.3. The molecule has 0 fully saturated rings. The Morgan fingerprint density at radius 2 is 1.91 bits per heavy atom. The first-order valence-electron chi connectivity index (χ1n) is 6.95. The van der Waals surface area contributed by atoms with Crippen molar-refractivity contribution < 1.29 is 14.5 Å². The highest BCUT2D eigenvalue weighted by Crippen LogP contribution is 2.24. The molecular weight excluding hydrogens is 282 g/mol. The van der Waals surface area contributed by atoms with Crippen molar-refractivity contribution >= 4 is 11.7 Å². The average Bonchev–Trinajstić information content (AvgIpc) is 2.47. The van der Waals surface area contributed by atoms with E-state index in [4.69, 9.17) is 4.74 Å². The van der Waals surface area contributed by atoms with Crippen LogP contribution in [0.3, 0.4) is 0 Å². The van der Waals surface area contributed by atoms with Crippen molar-refractivity contribution in [3.8, 4) is 5.75 Å².